The van der Waals surface area contributed by atoms with Crippen LogP contribution >= 0.6 is 0 Å². The van der Waals surface area contributed by atoms with Crippen LogP contribution < -0.4 is 9.80 Å². The quantitative estimate of drug-likeness (QED) is 0.667. The van der Waals surface area contributed by atoms with E-state index in [0.29, 0.717) is 5.56 Å². The van der Waals surface area contributed by atoms with Crippen molar-refractivity contribution in [2.75, 3.05) is 42.5 Å². The minimum absolute atomic E-state index is 0.0701. The molecular weight excluding hydrogens is 372 g/mol. The van der Waals surface area contributed by atoms with Gasteiger partial charge in [-0.3, -0.25) is 9.78 Å². The molecule has 152 valence electrons. The highest BCUT2D eigenvalue weighted by Crippen LogP contribution is 2.34. The summed E-state index contributed by atoms with van der Waals surface area (Å²) in [4.78, 5) is 24.1. The minimum Gasteiger partial charge on any atom is -0.368 e. The van der Waals surface area contributed by atoms with E-state index in [9.17, 15) is 4.79 Å². The average molecular weight is 399 g/mol. The van der Waals surface area contributed by atoms with Crippen LogP contribution in [0, 0.1) is 6.92 Å². The maximum atomic E-state index is 13.2. The summed E-state index contributed by atoms with van der Waals surface area (Å²) < 4.78 is 0. The first-order chi connectivity index (χ1) is 14.7. The number of hydrogen-bond donors (Lipinski definition) is 0. The van der Waals surface area contributed by atoms with Crippen molar-refractivity contribution in [3.8, 4) is 0 Å². The fraction of sp³-hybridized carbons (Fsp3) is 0.280. The Bertz CT molecular complexity index is 1070. The molecule has 0 aliphatic carbocycles. The van der Waals surface area contributed by atoms with E-state index in [-0.39, 0.29) is 5.91 Å². The fourth-order valence-electron chi connectivity index (χ4n) is 4.47. The van der Waals surface area contributed by atoms with Crippen LogP contribution in [0.25, 0.3) is 0 Å². The lowest BCUT2D eigenvalue weighted by Gasteiger charge is -2.36. The summed E-state index contributed by atoms with van der Waals surface area (Å²) in [6, 6.07) is 19.0. The van der Waals surface area contributed by atoms with Crippen LogP contribution in [0.1, 0.15) is 21.5 Å². The summed E-state index contributed by atoms with van der Waals surface area (Å²) in [5.74, 6) is 0.0701. The molecule has 0 unspecified atom stereocenters. The topological polar surface area (TPSA) is 39.7 Å². The Morgan fingerprint density at radius 2 is 1.70 bits per heavy atom. The van der Waals surface area contributed by atoms with Gasteiger partial charge in [-0.05, 0) is 48.7 Å². The first kappa shape index (κ1) is 18.7. The van der Waals surface area contributed by atoms with Crippen molar-refractivity contribution < 1.29 is 4.79 Å². The van der Waals surface area contributed by atoms with Crippen molar-refractivity contribution in [3.63, 3.8) is 0 Å². The molecule has 5 heteroatoms. The molecule has 0 N–H and O–H groups in total. The SMILES string of the molecule is Cc1cccc(N2CCN(C(=O)c3cncc(N4CCc5ccccc54)c3)CC2)c1. The number of carbonyl (C=O) groups excluding carboxylic acids is 1. The molecule has 1 aromatic heterocycles. The van der Waals surface area contributed by atoms with Gasteiger partial charge in [0.05, 0.1) is 17.4 Å². The van der Waals surface area contributed by atoms with Crippen molar-refractivity contribution >= 4 is 23.0 Å². The molecule has 3 heterocycles. The highest BCUT2D eigenvalue weighted by molar-refractivity contribution is 5.95. The minimum atomic E-state index is 0.0701. The first-order valence-electron chi connectivity index (χ1n) is 10.6. The van der Waals surface area contributed by atoms with Crippen LogP contribution in [0.4, 0.5) is 17.1 Å². The monoisotopic (exact) mass is 398 g/mol. The molecular formula is C25H26N4O. The Morgan fingerprint density at radius 1 is 0.867 bits per heavy atom. The maximum Gasteiger partial charge on any atom is 0.255 e. The molecule has 0 saturated carbocycles. The second-order valence-corrected chi connectivity index (χ2v) is 8.08. The predicted molar refractivity (Wildman–Crippen MR) is 121 cm³/mol. The zero-order valence-electron chi connectivity index (χ0n) is 17.3. The van der Waals surface area contributed by atoms with Gasteiger partial charge in [-0.2, -0.15) is 0 Å². The number of aromatic nitrogens is 1. The maximum absolute atomic E-state index is 13.2. The fourth-order valence-corrected chi connectivity index (χ4v) is 4.47. The Morgan fingerprint density at radius 3 is 2.53 bits per heavy atom. The molecule has 0 spiro atoms. The molecule has 1 amide bonds. The summed E-state index contributed by atoms with van der Waals surface area (Å²) >= 11 is 0. The number of hydrogen-bond acceptors (Lipinski definition) is 4. The van der Waals surface area contributed by atoms with Crippen LogP contribution in [-0.4, -0.2) is 48.5 Å². The lowest BCUT2D eigenvalue weighted by atomic mass is 10.1. The zero-order valence-corrected chi connectivity index (χ0v) is 17.3. The van der Waals surface area contributed by atoms with E-state index < -0.39 is 0 Å². The summed E-state index contributed by atoms with van der Waals surface area (Å²) in [6.45, 7) is 6.19. The highest BCUT2D eigenvalue weighted by Gasteiger charge is 2.25. The van der Waals surface area contributed by atoms with Gasteiger partial charge in [-0.1, -0.05) is 30.3 Å². The van der Waals surface area contributed by atoms with E-state index in [1.165, 1.54) is 22.5 Å². The van der Waals surface area contributed by atoms with Gasteiger partial charge in [0.1, 0.15) is 0 Å². The molecule has 2 aliphatic heterocycles. The van der Waals surface area contributed by atoms with Gasteiger partial charge < -0.3 is 14.7 Å². The van der Waals surface area contributed by atoms with E-state index >= 15 is 0 Å². The van der Waals surface area contributed by atoms with Gasteiger partial charge in [0.15, 0.2) is 0 Å². The summed E-state index contributed by atoms with van der Waals surface area (Å²) in [5, 5.41) is 0. The first-order valence-corrected chi connectivity index (χ1v) is 10.6. The Kier molecular flexibility index (Phi) is 4.87. The smallest absolute Gasteiger partial charge is 0.255 e. The number of benzene rings is 2. The molecule has 0 radical (unpaired) electrons. The summed E-state index contributed by atoms with van der Waals surface area (Å²) in [6.07, 6.45) is 4.57. The zero-order chi connectivity index (χ0) is 20.5. The van der Waals surface area contributed by atoms with Crippen LogP contribution in [-0.2, 0) is 6.42 Å². The van der Waals surface area contributed by atoms with E-state index in [4.69, 9.17) is 0 Å². The Hall–Kier alpha value is -3.34. The van der Waals surface area contributed by atoms with E-state index in [0.717, 1.165) is 44.8 Å². The molecule has 5 rings (SSSR count). The molecule has 5 nitrogen and oxygen atoms in total. The number of nitrogens with zero attached hydrogens (tertiary/aromatic N) is 4. The van der Waals surface area contributed by atoms with Crippen molar-refractivity contribution in [2.45, 2.75) is 13.3 Å². The molecule has 30 heavy (non-hydrogen) atoms. The second kappa shape index (κ2) is 7.82. The molecule has 1 saturated heterocycles. The normalized spacial score (nSPS) is 16.0. The molecule has 1 fully saturated rings. The third kappa shape index (κ3) is 3.52. The highest BCUT2D eigenvalue weighted by atomic mass is 16.2. The molecule has 2 aromatic carbocycles. The van der Waals surface area contributed by atoms with Crippen LogP contribution in [0.3, 0.4) is 0 Å². The number of anilines is 3. The number of fused-ring (bicyclic) bond motifs is 1. The molecule has 2 aliphatic rings. The van der Waals surface area contributed by atoms with Crippen LogP contribution in [0.5, 0.6) is 0 Å². The summed E-state index contributed by atoms with van der Waals surface area (Å²) in [5.41, 5.74) is 6.72. The third-order valence-corrected chi connectivity index (χ3v) is 6.10. The number of rotatable bonds is 3. The largest absolute Gasteiger partial charge is 0.368 e. The number of carbonyl (C=O) groups is 1. The standard InChI is InChI=1S/C25H26N4O/c1-19-5-4-7-22(15-19)27-11-13-28(14-12-27)25(30)21-16-23(18-26-17-21)29-10-9-20-6-2-3-8-24(20)29/h2-8,15-18H,9-14H2,1H3. The van der Waals surface area contributed by atoms with Crippen molar-refractivity contribution in [1.29, 1.82) is 0 Å². The van der Waals surface area contributed by atoms with Crippen molar-refractivity contribution in [1.82, 2.24) is 9.88 Å². The summed E-state index contributed by atoms with van der Waals surface area (Å²) in [7, 11) is 0. The van der Waals surface area contributed by atoms with Gasteiger partial charge in [0.2, 0.25) is 0 Å². The van der Waals surface area contributed by atoms with Crippen LogP contribution in [0.15, 0.2) is 67.0 Å². The van der Waals surface area contributed by atoms with Gasteiger partial charge in [-0.25, -0.2) is 0 Å². The van der Waals surface area contributed by atoms with Gasteiger partial charge in [-0.15, -0.1) is 0 Å². The lowest BCUT2D eigenvalue weighted by Crippen LogP contribution is -2.48. The predicted octanol–water partition coefficient (Wildman–Crippen LogP) is 4.05. The second-order valence-electron chi connectivity index (χ2n) is 8.08. The van der Waals surface area contributed by atoms with Crippen molar-refractivity contribution in [2.24, 2.45) is 0 Å². The van der Waals surface area contributed by atoms with Crippen molar-refractivity contribution in [3.05, 3.63) is 83.7 Å². The number of amides is 1. The Labute approximate surface area is 177 Å². The van der Waals surface area contributed by atoms with E-state index in [1.807, 2.05) is 17.2 Å². The van der Waals surface area contributed by atoms with Gasteiger partial charge in [0, 0.05) is 50.3 Å². The molecule has 0 atom stereocenters. The number of pyridine rings is 1. The van der Waals surface area contributed by atoms with Gasteiger partial charge >= 0.3 is 0 Å². The number of aryl methyl sites for hydroxylation is 1. The van der Waals surface area contributed by atoms with Crippen LogP contribution in [0.2, 0.25) is 0 Å². The Balaban J connectivity index is 1.29. The molecule has 3 aromatic rings. The average Bonchev–Trinajstić information content (AvgIpc) is 3.23. The molecule has 0 bridgehead atoms. The third-order valence-electron chi connectivity index (χ3n) is 6.10. The van der Waals surface area contributed by atoms with E-state index in [2.05, 4.69) is 70.2 Å². The van der Waals surface area contributed by atoms with E-state index in [1.54, 1.807) is 6.20 Å². The van der Waals surface area contributed by atoms with Gasteiger partial charge in [0.25, 0.3) is 5.91 Å². The number of piperazine rings is 1. The lowest BCUT2D eigenvalue weighted by molar-refractivity contribution is 0.0746. The number of para-hydroxylation sites is 1.